The van der Waals surface area contributed by atoms with Gasteiger partial charge in [0.2, 0.25) is 0 Å². The highest BCUT2D eigenvalue weighted by molar-refractivity contribution is 5.80. The van der Waals surface area contributed by atoms with Crippen LogP contribution in [0.2, 0.25) is 0 Å². The Kier molecular flexibility index (Phi) is 6.54. The van der Waals surface area contributed by atoms with Crippen molar-refractivity contribution in [3.8, 4) is 11.8 Å². The molecule has 0 aliphatic rings. The van der Waals surface area contributed by atoms with E-state index in [9.17, 15) is 4.79 Å². The van der Waals surface area contributed by atoms with Crippen molar-refractivity contribution in [2.24, 2.45) is 0 Å². The number of nitrogens with zero attached hydrogens (tertiary/aromatic N) is 2. The predicted molar refractivity (Wildman–Crippen MR) is 75.4 cm³/mol. The summed E-state index contributed by atoms with van der Waals surface area (Å²) in [5, 5.41) is 8.98. The minimum Gasteiger partial charge on any atom is -0.480 e. The number of hydrogen-bond acceptors (Lipinski definition) is 4. The van der Waals surface area contributed by atoms with E-state index >= 15 is 0 Å². The van der Waals surface area contributed by atoms with Gasteiger partial charge in [0.1, 0.15) is 11.8 Å². The summed E-state index contributed by atoms with van der Waals surface area (Å²) in [5.41, 5.74) is 0.425. The Morgan fingerprint density at radius 1 is 1.45 bits per heavy atom. The van der Waals surface area contributed by atoms with Crippen LogP contribution in [0.4, 0.5) is 0 Å². The molecule has 0 fully saturated rings. The summed E-state index contributed by atoms with van der Waals surface area (Å²) >= 11 is 0. The summed E-state index contributed by atoms with van der Waals surface area (Å²) in [5.74, 6) is 0.315. The zero-order valence-corrected chi connectivity index (χ0v) is 12.1. The molecule has 1 aromatic rings. The molecule has 0 saturated heterocycles. The maximum absolute atomic E-state index is 12.1. The molecule has 0 aliphatic heterocycles. The van der Waals surface area contributed by atoms with E-state index in [-0.39, 0.29) is 5.91 Å². The van der Waals surface area contributed by atoms with Crippen LogP contribution in [-0.2, 0) is 9.53 Å². The standard InChI is InChI=1S/C15H20N2O3/c1-12(15(18)17(2)9-6-10-19-3)20-14-8-5-4-7-13(14)11-16/h4-5,7-8,12H,6,9-10H2,1-3H3. The number of carbonyl (C=O) groups is 1. The number of likely N-dealkylation sites (N-methyl/N-ethyl adjacent to an activating group) is 1. The molecule has 0 aromatic heterocycles. The van der Waals surface area contributed by atoms with Crippen molar-refractivity contribution in [3.63, 3.8) is 0 Å². The molecule has 0 saturated carbocycles. The van der Waals surface area contributed by atoms with Crippen LogP contribution in [0.25, 0.3) is 0 Å². The molecule has 1 amide bonds. The first-order valence-electron chi connectivity index (χ1n) is 6.49. The molecule has 5 heteroatoms. The number of methoxy groups -OCH3 is 1. The second-order valence-electron chi connectivity index (χ2n) is 4.47. The van der Waals surface area contributed by atoms with Gasteiger partial charge in [-0.1, -0.05) is 12.1 Å². The first-order valence-corrected chi connectivity index (χ1v) is 6.49. The Morgan fingerprint density at radius 3 is 2.80 bits per heavy atom. The van der Waals surface area contributed by atoms with Crippen LogP contribution >= 0.6 is 0 Å². The van der Waals surface area contributed by atoms with E-state index in [1.165, 1.54) is 0 Å². The molecule has 1 rings (SSSR count). The van der Waals surface area contributed by atoms with Crippen molar-refractivity contribution >= 4 is 5.91 Å². The number of amides is 1. The molecule has 0 aliphatic carbocycles. The molecule has 0 heterocycles. The molecular weight excluding hydrogens is 256 g/mol. The zero-order chi connectivity index (χ0) is 15.0. The van der Waals surface area contributed by atoms with Gasteiger partial charge in [0, 0.05) is 27.3 Å². The predicted octanol–water partition coefficient (Wildman–Crippen LogP) is 1.82. The molecule has 1 unspecified atom stereocenters. The maximum atomic E-state index is 12.1. The summed E-state index contributed by atoms with van der Waals surface area (Å²) in [4.78, 5) is 13.7. The van der Waals surface area contributed by atoms with Gasteiger partial charge >= 0.3 is 0 Å². The highest BCUT2D eigenvalue weighted by Gasteiger charge is 2.19. The highest BCUT2D eigenvalue weighted by Crippen LogP contribution is 2.18. The average Bonchev–Trinajstić information content (AvgIpc) is 2.47. The first kappa shape index (κ1) is 16.0. The summed E-state index contributed by atoms with van der Waals surface area (Å²) in [7, 11) is 3.36. The fraction of sp³-hybridized carbons (Fsp3) is 0.467. The van der Waals surface area contributed by atoms with E-state index in [1.54, 1.807) is 50.2 Å². The Hall–Kier alpha value is -2.06. The molecule has 1 aromatic carbocycles. The summed E-state index contributed by atoms with van der Waals surface area (Å²) in [6.07, 6.45) is 0.150. The van der Waals surface area contributed by atoms with Gasteiger partial charge < -0.3 is 14.4 Å². The number of benzene rings is 1. The molecule has 108 valence electrons. The largest absolute Gasteiger partial charge is 0.480 e. The van der Waals surface area contributed by atoms with Gasteiger partial charge in [-0.3, -0.25) is 4.79 Å². The lowest BCUT2D eigenvalue weighted by molar-refractivity contribution is -0.136. The Balaban J connectivity index is 2.59. The second kappa shape index (κ2) is 8.18. The van der Waals surface area contributed by atoms with Gasteiger partial charge in [0.25, 0.3) is 5.91 Å². The normalized spacial score (nSPS) is 11.5. The number of rotatable bonds is 7. The van der Waals surface area contributed by atoms with Crippen LogP contribution in [-0.4, -0.2) is 44.2 Å². The molecule has 0 radical (unpaired) electrons. The lowest BCUT2D eigenvalue weighted by atomic mass is 10.2. The molecular formula is C15H20N2O3. The molecule has 0 N–H and O–H groups in total. The van der Waals surface area contributed by atoms with Gasteiger partial charge in [-0.15, -0.1) is 0 Å². The van der Waals surface area contributed by atoms with E-state index < -0.39 is 6.10 Å². The van der Waals surface area contributed by atoms with Gasteiger partial charge in [0.15, 0.2) is 6.10 Å². The van der Waals surface area contributed by atoms with Crippen molar-refractivity contribution in [2.75, 3.05) is 27.3 Å². The summed E-state index contributed by atoms with van der Waals surface area (Å²) in [6.45, 7) is 2.91. The Labute approximate surface area is 119 Å². The van der Waals surface area contributed by atoms with Crippen LogP contribution in [0.3, 0.4) is 0 Å². The Bertz CT molecular complexity index is 482. The van der Waals surface area contributed by atoms with Gasteiger partial charge in [-0.25, -0.2) is 0 Å². The fourth-order valence-electron chi connectivity index (χ4n) is 1.77. The molecule has 5 nitrogen and oxygen atoms in total. The first-order chi connectivity index (χ1) is 9.60. The molecule has 0 spiro atoms. The third kappa shape index (κ3) is 4.56. The van der Waals surface area contributed by atoms with Crippen molar-refractivity contribution in [1.29, 1.82) is 5.26 Å². The van der Waals surface area contributed by atoms with Crippen molar-refractivity contribution in [3.05, 3.63) is 29.8 Å². The van der Waals surface area contributed by atoms with Crippen LogP contribution < -0.4 is 4.74 Å². The van der Waals surface area contributed by atoms with Crippen LogP contribution in [0, 0.1) is 11.3 Å². The molecule has 1 atom stereocenters. The summed E-state index contributed by atoms with van der Waals surface area (Å²) < 4.78 is 10.5. The van der Waals surface area contributed by atoms with E-state index in [4.69, 9.17) is 14.7 Å². The Morgan fingerprint density at radius 2 is 2.15 bits per heavy atom. The van der Waals surface area contributed by atoms with Crippen LogP contribution in [0.5, 0.6) is 5.75 Å². The number of ether oxygens (including phenoxy) is 2. The van der Waals surface area contributed by atoms with Crippen molar-refractivity contribution in [2.45, 2.75) is 19.4 Å². The maximum Gasteiger partial charge on any atom is 0.263 e. The zero-order valence-electron chi connectivity index (χ0n) is 12.1. The fourth-order valence-corrected chi connectivity index (χ4v) is 1.77. The lowest BCUT2D eigenvalue weighted by Crippen LogP contribution is -2.38. The topological polar surface area (TPSA) is 62.6 Å². The second-order valence-corrected chi connectivity index (χ2v) is 4.47. The molecule has 0 bridgehead atoms. The van der Waals surface area contributed by atoms with E-state index in [2.05, 4.69) is 0 Å². The summed E-state index contributed by atoms with van der Waals surface area (Å²) in [6, 6.07) is 8.93. The lowest BCUT2D eigenvalue weighted by Gasteiger charge is -2.22. The highest BCUT2D eigenvalue weighted by atomic mass is 16.5. The smallest absolute Gasteiger partial charge is 0.263 e. The van der Waals surface area contributed by atoms with Gasteiger partial charge in [0.05, 0.1) is 5.56 Å². The van der Waals surface area contributed by atoms with Gasteiger partial charge in [-0.2, -0.15) is 5.26 Å². The van der Waals surface area contributed by atoms with E-state index in [0.717, 1.165) is 6.42 Å². The number of carbonyl (C=O) groups excluding carboxylic acids is 1. The monoisotopic (exact) mass is 276 g/mol. The van der Waals surface area contributed by atoms with Crippen molar-refractivity contribution < 1.29 is 14.3 Å². The minimum absolute atomic E-state index is 0.117. The minimum atomic E-state index is -0.628. The van der Waals surface area contributed by atoms with Crippen LogP contribution in [0.15, 0.2) is 24.3 Å². The molecule has 20 heavy (non-hydrogen) atoms. The number of hydrogen-bond donors (Lipinski definition) is 0. The number of nitriles is 1. The number of para-hydroxylation sites is 1. The third-order valence-electron chi connectivity index (χ3n) is 2.88. The quantitative estimate of drug-likeness (QED) is 0.713. The van der Waals surface area contributed by atoms with Crippen LogP contribution in [0.1, 0.15) is 18.9 Å². The van der Waals surface area contributed by atoms with E-state index in [0.29, 0.717) is 24.5 Å². The SMILES string of the molecule is COCCCN(C)C(=O)C(C)Oc1ccccc1C#N. The van der Waals surface area contributed by atoms with Crippen molar-refractivity contribution in [1.82, 2.24) is 4.90 Å². The van der Waals surface area contributed by atoms with E-state index in [1.807, 2.05) is 6.07 Å². The average molecular weight is 276 g/mol. The third-order valence-corrected chi connectivity index (χ3v) is 2.88. The van der Waals surface area contributed by atoms with Gasteiger partial charge in [-0.05, 0) is 25.5 Å².